The van der Waals surface area contributed by atoms with Crippen molar-refractivity contribution in [2.45, 2.75) is 47.2 Å². The van der Waals surface area contributed by atoms with Crippen molar-refractivity contribution in [3.63, 3.8) is 0 Å². The largest absolute Gasteiger partial charge is 0.343 e. The minimum Gasteiger partial charge on any atom is -0.343 e. The van der Waals surface area contributed by atoms with E-state index in [0.717, 1.165) is 11.1 Å². The lowest BCUT2D eigenvalue weighted by Gasteiger charge is -2.10. The van der Waals surface area contributed by atoms with E-state index in [1.165, 1.54) is 11.6 Å². The van der Waals surface area contributed by atoms with Gasteiger partial charge in [0.1, 0.15) is 12.6 Å². The highest BCUT2D eigenvalue weighted by molar-refractivity contribution is 5.96. The molecule has 146 valence electrons. The smallest absolute Gasteiger partial charge is 0.249 e. The summed E-state index contributed by atoms with van der Waals surface area (Å²) in [6.45, 7) is 8.77. The van der Waals surface area contributed by atoms with Crippen molar-refractivity contribution in [3.05, 3.63) is 52.7 Å². The zero-order valence-electron chi connectivity index (χ0n) is 16.6. The normalized spacial score (nSPS) is 12.0. The highest BCUT2D eigenvalue weighted by atomic mass is 16.5. The summed E-state index contributed by atoms with van der Waals surface area (Å²) in [5.41, 5.74) is 3.77. The zero-order valence-corrected chi connectivity index (χ0v) is 16.6. The maximum absolute atomic E-state index is 12.4. The topological polar surface area (TPSA) is 103 Å². The fourth-order valence-corrected chi connectivity index (χ4v) is 3.19. The lowest BCUT2D eigenvalue weighted by Crippen LogP contribution is -2.31. The molecule has 3 aromatic rings. The van der Waals surface area contributed by atoms with Gasteiger partial charge in [-0.1, -0.05) is 29.4 Å². The molecule has 1 N–H and O–H groups in total. The van der Waals surface area contributed by atoms with Crippen LogP contribution >= 0.6 is 0 Å². The quantitative estimate of drug-likeness (QED) is 0.659. The molecule has 0 aliphatic rings. The number of Topliss-reactive ketones (excluding diaryl/α,β-unsaturated/α-hetero) is 1. The van der Waals surface area contributed by atoms with Crippen molar-refractivity contribution in [3.8, 4) is 11.4 Å². The number of amides is 1. The molecule has 0 aliphatic carbocycles. The van der Waals surface area contributed by atoms with Crippen LogP contribution in [0.3, 0.4) is 0 Å². The van der Waals surface area contributed by atoms with Gasteiger partial charge < -0.3 is 9.84 Å². The maximum atomic E-state index is 12.4. The van der Waals surface area contributed by atoms with Crippen LogP contribution < -0.4 is 5.32 Å². The van der Waals surface area contributed by atoms with E-state index < -0.39 is 6.04 Å². The first-order valence-corrected chi connectivity index (χ1v) is 9.01. The third-order valence-electron chi connectivity index (χ3n) is 4.60. The summed E-state index contributed by atoms with van der Waals surface area (Å²) in [5.74, 6) is 0.483. The molecule has 1 aromatic carbocycles. The highest BCUT2D eigenvalue weighted by Gasteiger charge is 2.20. The number of hydrogen-bond donors (Lipinski definition) is 1. The Hall–Kier alpha value is -3.29. The number of ketones is 1. The molecule has 3 rings (SSSR count). The summed E-state index contributed by atoms with van der Waals surface area (Å²) < 4.78 is 6.85. The zero-order chi connectivity index (χ0) is 20.4. The van der Waals surface area contributed by atoms with Crippen LogP contribution in [0.15, 0.2) is 28.8 Å². The van der Waals surface area contributed by atoms with Gasteiger partial charge in [-0.05, 0) is 40.2 Å². The lowest BCUT2D eigenvalue weighted by atomic mass is 10.1. The van der Waals surface area contributed by atoms with Crippen molar-refractivity contribution in [1.82, 2.24) is 25.2 Å². The highest BCUT2D eigenvalue weighted by Crippen LogP contribution is 2.22. The monoisotopic (exact) mass is 381 g/mol. The molecule has 0 radical (unpaired) electrons. The SMILES string of the molecule is CC(=O)c1c(C)nn(CC(=O)NC(C)c2nc(-c3ccccc3C)no2)c1C. The number of benzene rings is 1. The van der Waals surface area contributed by atoms with E-state index in [-0.39, 0.29) is 18.2 Å². The van der Waals surface area contributed by atoms with Gasteiger partial charge in [-0.15, -0.1) is 0 Å². The molecule has 0 spiro atoms. The first-order valence-electron chi connectivity index (χ1n) is 9.01. The van der Waals surface area contributed by atoms with Crippen molar-refractivity contribution < 1.29 is 14.1 Å². The second kappa shape index (κ2) is 7.75. The molecule has 28 heavy (non-hydrogen) atoms. The Morgan fingerprint density at radius 2 is 1.93 bits per heavy atom. The number of rotatable bonds is 6. The Kier molecular flexibility index (Phi) is 5.39. The third kappa shape index (κ3) is 3.85. The Balaban J connectivity index is 1.69. The van der Waals surface area contributed by atoms with E-state index in [9.17, 15) is 9.59 Å². The summed E-state index contributed by atoms with van der Waals surface area (Å²) in [4.78, 5) is 28.5. The van der Waals surface area contributed by atoms with E-state index in [4.69, 9.17) is 4.52 Å². The molecule has 1 amide bonds. The predicted molar refractivity (Wildman–Crippen MR) is 103 cm³/mol. The number of aromatic nitrogens is 4. The first-order chi connectivity index (χ1) is 13.3. The number of nitrogens with zero attached hydrogens (tertiary/aromatic N) is 4. The standard InChI is InChI=1S/C20H23N5O3/c1-11-8-6-7-9-16(11)19-22-20(28-24-19)13(3)21-17(27)10-25-14(4)18(15(5)26)12(2)23-25/h6-9,13H,10H2,1-5H3,(H,21,27). The molecule has 1 atom stereocenters. The third-order valence-corrected chi connectivity index (χ3v) is 4.60. The van der Waals surface area contributed by atoms with E-state index in [0.29, 0.717) is 28.7 Å². The number of hydrogen-bond acceptors (Lipinski definition) is 6. The molecule has 0 fully saturated rings. The number of nitrogens with one attached hydrogen (secondary N) is 1. The molecule has 0 aliphatic heterocycles. The number of carbonyl (C=O) groups is 2. The van der Waals surface area contributed by atoms with Crippen LogP contribution in [0.5, 0.6) is 0 Å². The minimum atomic E-state index is -0.456. The summed E-state index contributed by atoms with van der Waals surface area (Å²) in [7, 11) is 0. The van der Waals surface area contributed by atoms with Crippen LogP contribution in [-0.4, -0.2) is 31.6 Å². The van der Waals surface area contributed by atoms with E-state index in [1.54, 1.807) is 20.8 Å². The fourth-order valence-electron chi connectivity index (χ4n) is 3.19. The second-order valence-corrected chi connectivity index (χ2v) is 6.82. The van der Waals surface area contributed by atoms with E-state index >= 15 is 0 Å². The second-order valence-electron chi connectivity index (χ2n) is 6.82. The molecule has 1 unspecified atom stereocenters. The van der Waals surface area contributed by atoms with Gasteiger partial charge in [0.25, 0.3) is 0 Å². The van der Waals surface area contributed by atoms with Gasteiger partial charge >= 0.3 is 0 Å². The molecule has 2 aromatic heterocycles. The van der Waals surface area contributed by atoms with Crippen molar-refractivity contribution in [2.24, 2.45) is 0 Å². The Bertz CT molecular complexity index is 1030. The molecule has 8 heteroatoms. The van der Waals surface area contributed by atoms with E-state index in [2.05, 4.69) is 20.6 Å². The molecular weight excluding hydrogens is 358 g/mol. The molecule has 0 saturated heterocycles. The van der Waals surface area contributed by atoms with E-state index in [1.807, 2.05) is 31.2 Å². The lowest BCUT2D eigenvalue weighted by molar-refractivity contribution is -0.122. The average molecular weight is 381 g/mol. The van der Waals surface area contributed by atoms with Gasteiger partial charge in [0.15, 0.2) is 5.78 Å². The van der Waals surface area contributed by atoms with Gasteiger partial charge in [-0.3, -0.25) is 14.3 Å². The van der Waals surface area contributed by atoms with Crippen molar-refractivity contribution >= 4 is 11.7 Å². The first kappa shape index (κ1) is 19.5. The Labute approximate surface area is 162 Å². The molecule has 8 nitrogen and oxygen atoms in total. The summed E-state index contributed by atoms with van der Waals surface area (Å²) in [6, 6.07) is 7.29. The van der Waals surface area contributed by atoms with Crippen LogP contribution in [0.2, 0.25) is 0 Å². The van der Waals surface area contributed by atoms with Gasteiger partial charge in [0.05, 0.1) is 11.3 Å². The maximum Gasteiger partial charge on any atom is 0.249 e. The van der Waals surface area contributed by atoms with Gasteiger partial charge in [-0.25, -0.2) is 0 Å². The van der Waals surface area contributed by atoms with Crippen LogP contribution in [-0.2, 0) is 11.3 Å². The molecule has 0 saturated carbocycles. The van der Waals surface area contributed by atoms with Crippen LogP contribution in [0.4, 0.5) is 0 Å². The Morgan fingerprint density at radius 1 is 1.21 bits per heavy atom. The van der Waals surface area contributed by atoms with Crippen molar-refractivity contribution in [2.75, 3.05) is 0 Å². The minimum absolute atomic E-state index is 0.00306. The predicted octanol–water partition coefficient (Wildman–Crippen LogP) is 2.94. The van der Waals surface area contributed by atoms with Crippen LogP contribution in [0.25, 0.3) is 11.4 Å². The fraction of sp³-hybridized carbons (Fsp3) is 0.350. The van der Waals surface area contributed by atoms with Crippen molar-refractivity contribution in [1.29, 1.82) is 0 Å². The molecule has 0 bridgehead atoms. The summed E-state index contributed by atoms with van der Waals surface area (Å²) in [5, 5.41) is 11.1. The molecular formula is C20H23N5O3. The average Bonchev–Trinajstić information content (AvgIpc) is 3.20. The van der Waals surface area contributed by atoms with Gasteiger partial charge in [0, 0.05) is 11.3 Å². The number of carbonyl (C=O) groups excluding carboxylic acids is 2. The van der Waals surface area contributed by atoms with Crippen LogP contribution in [0, 0.1) is 20.8 Å². The number of aryl methyl sites for hydroxylation is 2. The summed E-state index contributed by atoms with van der Waals surface area (Å²) >= 11 is 0. The Morgan fingerprint density at radius 3 is 2.57 bits per heavy atom. The summed E-state index contributed by atoms with van der Waals surface area (Å²) in [6.07, 6.45) is 0. The van der Waals surface area contributed by atoms with Crippen LogP contribution in [0.1, 0.15) is 53.1 Å². The molecule has 2 heterocycles. The van der Waals surface area contributed by atoms with Gasteiger partial charge in [-0.2, -0.15) is 10.1 Å². The van der Waals surface area contributed by atoms with Gasteiger partial charge in [0.2, 0.25) is 17.6 Å².